The van der Waals surface area contributed by atoms with Gasteiger partial charge in [0.05, 0.1) is 4.90 Å². The Labute approximate surface area is 196 Å². The van der Waals surface area contributed by atoms with E-state index in [-0.39, 0.29) is 28.7 Å². The van der Waals surface area contributed by atoms with Gasteiger partial charge in [-0.25, -0.2) is 8.42 Å². The molecule has 0 saturated carbocycles. The van der Waals surface area contributed by atoms with Crippen LogP contribution < -0.4 is 14.9 Å². The number of sulfonamides is 1. The quantitative estimate of drug-likeness (QED) is 0.588. The number of benzene rings is 2. The molecule has 1 heterocycles. The van der Waals surface area contributed by atoms with Crippen LogP contribution in [-0.2, 0) is 32.5 Å². The van der Waals surface area contributed by atoms with E-state index in [2.05, 4.69) is 10.0 Å². The molecular formula is C25H33N3O4S. The molecule has 2 aromatic rings. The molecule has 2 atom stereocenters. The van der Waals surface area contributed by atoms with Crippen LogP contribution in [0.1, 0.15) is 45.2 Å². The number of amides is 2. The van der Waals surface area contributed by atoms with Crippen molar-refractivity contribution in [2.75, 3.05) is 11.4 Å². The lowest BCUT2D eigenvalue weighted by Crippen LogP contribution is -2.51. The zero-order valence-electron chi connectivity index (χ0n) is 19.7. The highest BCUT2D eigenvalue weighted by Gasteiger charge is 2.30. The summed E-state index contributed by atoms with van der Waals surface area (Å²) >= 11 is 0. The summed E-state index contributed by atoms with van der Waals surface area (Å²) in [6.45, 7) is 7.59. The van der Waals surface area contributed by atoms with Crippen molar-refractivity contribution in [2.24, 2.45) is 5.92 Å². The standard InChI is InChI=1S/C25H33N3O4S/c1-17(2)24(25(30)26-18(3)10-11-20-8-6-5-7-9-20)27-33(31,32)22-12-13-23-21(16-22)14-15-28(23)19(4)29/h5-9,12-13,16-18,24,27H,10-11,14-15H2,1-4H3,(H,26,30)/t18-,24+/m1/s1. The fraction of sp³-hybridized carbons (Fsp3) is 0.440. The lowest BCUT2D eigenvalue weighted by atomic mass is 10.0. The van der Waals surface area contributed by atoms with Crippen molar-refractivity contribution < 1.29 is 18.0 Å². The van der Waals surface area contributed by atoms with Gasteiger partial charge in [-0.1, -0.05) is 44.2 Å². The number of anilines is 1. The minimum atomic E-state index is -3.91. The highest BCUT2D eigenvalue weighted by molar-refractivity contribution is 7.89. The van der Waals surface area contributed by atoms with Crippen molar-refractivity contribution in [2.45, 2.75) is 63.9 Å². The Morgan fingerprint density at radius 3 is 2.39 bits per heavy atom. The van der Waals surface area contributed by atoms with Crippen molar-refractivity contribution >= 4 is 27.5 Å². The van der Waals surface area contributed by atoms with Crippen LogP contribution in [0.25, 0.3) is 0 Å². The maximum absolute atomic E-state index is 13.1. The first kappa shape index (κ1) is 24.9. The van der Waals surface area contributed by atoms with E-state index in [0.717, 1.165) is 24.1 Å². The van der Waals surface area contributed by atoms with Crippen molar-refractivity contribution in [3.63, 3.8) is 0 Å². The van der Waals surface area contributed by atoms with Gasteiger partial charge in [-0.15, -0.1) is 0 Å². The molecule has 0 bridgehead atoms. The molecule has 0 saturated heterocycles. The largest absolute Gasteiger partial charge is 0.352 e. The number of hydrogen-bond donors (Lipinski definition) is 2. The predicted octanol–water partition coefficient (Wildman–Crippen LogP) is 3.04. The average molecular weight is 472 g/mol. The molecule has 2 aromatic carbocycles. The smallest absolute Gasteiger partial charge is 0.241 e. The van der Waals surface area contributed by atoms with Crippen LogP contribution in [0.2, 0.25) is 0 Å². The molecule has 0 fully saturated rings. The van der Waals surface area contributed by atoms with Crippen LogP contribution >= 0.6 is 0 Å². The molecule has 3 rings (SSSR count). The number of carbonyl (C=O) groups excluding carboxylic acids is 2. The predicted molar refractivity (Wildman–Crippen MR) is 129 cm³/mol. The summed E-state index contributed by atoms with van der Waals surface area (Å²) in [6, 6.07) is 13.8. The Morgan fingerprint density at radius 2 is 1.76 bits per heavy atom. The topological polar surface area (TPSA) is 95.6 Å². The summed E-state index contributed by atoms with van der Waals surface area (Å²) in [5.74, 6) is -0.637. The monoisotopic (exact) mass is 471 g/mol. The number of rotatable bonds is 9. The second kappa shape index (κ2) is 10.5. The van der Waals surface area contributed by atoms with Gasteiger partial charge in [-0.05, 0) is 61.4 Å². The lowest BCUT2D eigenvalue weighted by Gasteiger charge is -2.24. The zero-order valence-corrected chi connectivity index (χ0v) is 20.5. The first-order valence-electron chi connectivity index (χ1n) is 11.4. The third kappa shape index (κ3) is 6.21. The summed E-state index contributed by atoms with van der Waals surface area (Å²) in [5, 5.41) is 2.96. The molecule has 0 aromatic heterocycles. The lowest BCUT2D eigenvalue weighted by molar-refractivity contribution is -0.124. The number of nitrogens with zero attached hydrogens (tertiary/aromatic N) is 1. The minimum Gasteiger partial charge on any atom is -0.352 e. The second-order valence-electron chi connectivity index (χ2n) is 8.99. The van der Waals surface area contributed by atoms with E-state index in [1.807, 2.05) is 51.1 Å². The first-order chi connectivity index (χ1) is 15.6. The zero-order chi connectivity index (χ0) is 24.2. The Kier molecular flexibility index (Phi) is 7.92. The normalized spacial score (nSPS) is 15.2. The van der Waals surface area contributed by atoms with Crippen LogP contribution in [0.15, 0.2) is 53.4 Å². The third-order valence-corrected chi connectivity index (χ3v) is 7.40. The van der Waals surface area contributed by atoms with Gasteiger partial charge in [0.15, 0.2) is 0 Å². The van der Waals surface area contributed by atoms with Crippen molar-refractivity contribution in [3.8, 4) is 0 Å². The maximum Gasteiger partial charge on any atom is 0.241 e. The Bertz CT molecular complexity index is 1100. The van der Waals surface area contributed by atoms with Crippen molar-refractivity contribution in [3.05, 3.63) is 59.7 Å². The molecule has 0 unspecified atom stereocenters. The second-order valence-corrected chi connectivity index (χ2v) is 10.7. The van der Waals surface area contributed by atoms with Crippen LogP contribution in [0.3, 0.4) is 0 Å². The number of hydrogen-bond acceptors (Lipinski definition) is 4. The SMILES string of the molecule is CC(=O)N1CCc2cc(S(=O)(=O)N[C@H](C(=O)N[C@H](C)CCc3ccccc3)C(C)C)ccc21. The molecule has 33 heavy (non-hydrogen) atoms. The summed E-state index contributed by atoms with van der Waals surface area (Å²) in [5.41, 5.74) is 2.75. The van der Waals surface area contributed by atoms with E-state index in [1.54, 1.807) is 17.0 Å². The number of carbonyl (C=O) groups is 2. The van der Waals surface area contributed by atoms with Crippen LogP contribution in [0.4, 0.5) is 5.69 Å². The average Bonchev–Trinajstić information content (AvgIpc) is 3.20. The van der Waals surface area contributed by atoms with Gasteiger partial charge in [-0.3, -0.25) is 9.59 Å². The van der Waals surface area contributed by atoms with Gasteiger partial charge in [0.2, 0.25) is 21.8 Å². The highest BCUT2D eigenvalue weighted by atomic mass is 32.2. The third-order valence-electron chi connectivity index (χ3n) is 5.97. The fourth-order valence-electron chi connectivity index (χ4n) is 4.03. The summed E-state index contributed by atoms with van der Waals surface area (Å²) in [6.07, 6.45) is 2.18. The summed E-state index contributed by atoms with van der Waals surface area (Å²) < 4.78 is 28.8. The van der Waals surface area contributed by atoms with Crippen molar-refractivity contribution in [1.82, 2.24) is 10.0 Å². The number of nitrogens with one attached hydrogen (secondary N) is 2. The Balaban J connectivity index is 1.67. The van der Waals surface area contributed by atoms with Crippen LogP contribution in [-0.4, -0.2) is 38.9 Å². The van der Waals surface area contributed by atoms with Gasteiger partial charge in [-0.2, -0.15) is 4.72 Å². The van der Waals surface area contributed by atoms with Crippen molar-refractivity contribution in [1.29, 1.82) is 0 Å². The van der Waals surface area contributed by atoms with E-state index in [4.69, 9.17) is 0 Å². The molecule has 1 aliphatic rings. The molecule has 0 radical (unpaired) electrons. The Hall–Kier alpha value is -2.71. The minimum absolute atomic E-state index is 0.0691. The molecule has 7 nitrogen and oxygen atoms in total. The summed E-state index contributed by atoms with van der Waals surface area (Å²) in [7, 11) is -3.91. The molecule has 1 aliphatic heterocycles. The molecule has 0 spiro atoms. The van der Waals surface area contributed by atoms with Crippen LogP contribution in [0.5, 0.6) is 0 Å². The van der Waals surface area contributed by atoms with Gasteiger partial charge in [0.25, 0.3) is 0 Å². The maximum atomic E-state index is 13.1. The Morgan fingerprint density at radius 1 is 1.06 bits per heavy atom. The fourth-order valence-corrected chi connectivity index (χ4v) is 5.43. The van der Waals surface area contributed by atoms with E-state index in [1.165, 1.54) is 18.6 Å². The van der Waals surface area contributed by atoms with Gasteiger partial charge in [0.1, 0.15) is 6.04 Å². The highest BCUT2D eigenvalue weighted by Crippen LogP contribution is 2.30. The van der Waals surface area contributed by atoms with Gasteiger partial charge < -0.3 is 10.2 Å². The van der Waals surface area contributed by atoms with Crippen LogP contribution in [0, 0.1) is 5.92 Å². The number of aryl methyl sites for hydroxylation is 1. The first-order valence-corrected chi connectivity index (χ1v) is 12.8. The molecule has 0 aliphatic carbocycles. The number of fused-ring (bicyclic) bond motifs is 1. The molecular weight excluding hydrogens is 438 g/mol. The van der Waals surface area contributed by atoms with E-state index < -0.39 is 16.1 Å². The van der Waals surface area contributed by atoms with Gasteiger partial charge >= 0.3 is 0 Å². The van der Waals surface area contributed by atoms with Gasteiger partial charge in [0, 0.05) is 25.2 Å². The molecule has 2 amide bonds. The molecule has 8 heteroatoms. The molecule has 2 N–H and O–H groups in total. The van der Waals surface area contributed by atoms with E-state index in [0.29, 0.717) is 13.0 Å². The molecule has 178 valence electrons. The summed E-state index contributed by atoms with van der Waals surface area (Å²) in [4.78, 5) is 26.4. The van der Waals surface area contributed by atoms with E-state index in [9.17, 15) is 18.0 Å². The van der Waals surface area contributed by atoms with E-state index >= 15 is 0 Å².